The smallest absolute Gasteiger partial charge is 0.303 e. The molecule has 0 aliphatic rings. The molecule has 0 N–H and O–H groups in total. The number of esters is 1. The summed E-state index contributed by atoms with van der Waals surface area (Å²) in [6.07, 6.45) is 0. The number of rotatable bonds is 3. The van der Waals surface area contributed by atoms with Gasteiger partial charge in [0.1, 0.15) is 5.60 Å². The van der Waals surface area contributed by atoms with Gasteiger partial charge in [-0.15, -0.1) is 0 Å². The highest BCUT2D eigenvalue weighted by Gasteiger charge is 2.19. The second kappa shape index (κ2) is 3.83. The van der Waals surface area contributed by atoms with Crippen molar-refractivity contribution in [2.24, 2.45) is 5.11 Å². The fraction of sp³-hybridized carbons (Fsp3) is 0.833. The second-order valence-corrected chi connectivity index (χ2v) is 2.74. The van der Waals surface area contributed by atoms with Crippen molar-refractivity contribution in [1.29, 1.82) is 0 Å². The fourth-order valence-electron chi connectivity index (χ4n) is 0.623. The molecule has 0 aliphatic heterocycles. The van der Waals surface area contributed by atoms with E-state index in [1.165, 1.54) is 6.92 Å². The Morgan fingerprint density at radius 1 is 1.73 bits per heavy atom. The molecule has 0 unspecified atom stereocenters. The maximum absolute atomic E-state index is 10.5. The number of ether oxygens (including phenoxy) is 1. The summed E-state index contributed by atoms with van der Waals surface area (Å²) >= 11 is 0. The molecule has 0 radical (unpaired) electrons. The van der Waals surface area contributed by atoms with E-state index < -0.39 is 5.60 Å². The van der Waals surface area contributed by atoms with E-state index in [-0.39, 0.29) is 12.5 Å². The zero-order valence-electron chi connectivity index (χ0n) is 6.87. The third-order valence-corrected chi connectivity index (χ3v) is 0.935. The van der Waals surface area contributed by atoms with Crippen molar-refractivity contribution in [2.45, 2.75) is 26.4 Å². The first-order chi connectivity index (χ1) is 4.98. The van der Waals surface area contributed by atoms with Gasteiger partial charge in [0.15, 0.2) is 0 Å². The minimum Gasteiger partial charge on any atom is -0.460 e. The molecule has 0 rings (SSSR count). The van der Waals surface area contributed by atoms with Gasteiger partial charge in [-0.05, 0) is 19.4 Å². The monoisotopic (exact) mass is 157 g/mol. The van der Waals surface area contributed by atoms with Gasteiger partial charge in [-0.25, -0.2) is 0 Å². The van der Waals surface area contributed by atoms with Crippen molar-refractivity contribution in [3.8, 4) is 0 Å². The molecule has 0 aromatic heterocycles. The molecule has 62 valence electrons. The predicted octanol–water partition coefficient (Wildman–Crippen LogP) is 1.64. The van der Waals surface area contributed by atoms with Crippen molar-refractivity contribution in [3.63, 3.8) is 0 Å². The van der Waals surface area contributed by atoms with Crippen LogP contribution in [-0.2, 0) is 9.53 Å². The van der Waals surface area contributed by atoms with Gasteiger partial charge in [0.2, 0.25) is 0 Å². The highest BCUT2D eigenvalue weighted by Crippen LogP contribution is 2.09. The van der Waals surface area contributed by atoms with E-state index in [1.807, 2.05) is 0 Å². The minimum atomic E-state index is -0.696. The second-order valence-electron chi connectivity index (χ2n) is 2.74. The Hall–Kier alpha value is -1.22. The topological polar surface area (TPSA) is 75.1 Å². The average molecular weight is 157 g/mol. The van der Waals surface area contributed by atoms with E-state index in [2.05, 4.69) is 10.0 Å². The molecule has 0 saturated heterocycles. The SMILES string of the molecule is CC(=O)OC(C)(C)CN=[N+]=[N-]. The van der Waals surface area contributed by atoms with E-state index in [9.17, 15) is 4.79 Å². The van der Waals surface area contributed by atoms with Gasteiger partial charge in [-0.1, -0.05) is 5.11 Å². The lowest BCUT2D eigenvalue weighted by Crippen LogP contribution is -2.29. The number of hydrogen-bond donors (Lipinski definition) is 0. The van der Waals surface area contributed by atoms with Gasteiger partial charge >= 0.3 is 5.97 Å². The average Bonchev–Trinajstić information content (AvgIpc) is 1.81. The number of nitrogens with zero attached hydrogens (tertiary/aromatic N) is 3. The third-order valence-electron chi connectivity index (χ3n) is 0.935. The van der Waals surface area contributed by atoms with Crippen LogP contribution in [-0.4, -0.2) is 18.1 Å². The third kappa shape index (κ3) is 5.24. The van der Waals surface area contributed by atoms with Crippen LogP contribution in [0.5, 0.6) is 0 Å². The molecule has 0 aromatic carbocycles. The molecule has 0 amide bonds. The maximum Gasteiger partial charge on any atom is 0.303 e. The number of hydrogen-bond acceptors (Lipinski definition) is 3. The van der Waals surface area contributed by atoms with Gasteiger partial charge in [0, 0.05) is 11.8 Å². The molecule has 0 atom stereocenters. The van der Waals surface area contributed by atoms with Gasteiger partial charge in [0.05, 0.1) is 6.54 Å². The van der Waals surface area contributed by atoms with Crippen LogP contribution in [0.25, 0.3) is 10.4 Å². The fourth-order valence-corrected chi connectivity index (χ4v) is 0.623. The molecular formula is C6H11N3O2. The van der Waals surface area contributed by atoms with Crippen LogP contribution in [0.3, 0.4) is 0 Å². The van der Waals surface area contributed by atoms with E-state index in [0.29, 0.717) is 0 Å². The summed E-state index contributed by atoms with van der Waals surface area (Å²) in [6.45, 7) is 4.84. The normalized spacial score (nSPS) is 10.1. The quantitative estimate of drug-likeness (QED) is 0.270. The Kier molecular flexibility index (Phi) is 3.40. The summed E-state index contributed by atoms with van der Waals surface area (Å²) in [7, 11) is 0. The first kappa shape index (κ1) is 9.78. The molecule has 0 aromatic rings. The van der Waals surface area contributed by atoms with Gasteiger partial charge in [-0.2, -0.15) is 0 Å². The molecule has 0 aliphatic carbocycles. The number of azide groups is 1. The summed E-state index contributed by atoms with van der Waals surface area (Å²) in [5.41, 5.74) is 7.29. The highest BCUT2D eigenvalue weighted by molar-refractivity contribution is 5.66. The van der Waals surface area contributed by atoms with Crippen molar-refractivity contribution in [1.82, 2.24) is 0 Å². The van der Waals surface area contributed by atoms with Crippen LogP contribution < -0.4 is 0 Å². The first-order valence-corrected chi connectivity index (χ1v) is 3.18. The molecule has 0 heterocycles. The van der Waals surface area contributed by atoms with Gasteiger partial charge < -0.3 is 4.74 Å². The predicted molar refractivity (Wildman–Crippen MR) is 39.9 cm³/mol. The van der Waals surface area contributed by atoms with Crippen molar-refractivity contribution in [3.05, 3.63) is 10.4 Å². The van der Waals surface area contributed by atoms with Crippen LogP contribution >= 0.6 is 0 Å². The van der Waals surface area contributed by atoms with E-state index in [4.69, 9.17) is 10.3 Å². The van der Waals surface area contributed by atoms with Crippen molar-refractivity contribution < 1.29 is 9.53 Å². The largest absolute Gasteiger partial charge is 0.460 e. The minimum absolute atomic E-state index is 0.156. The molecular weight excluding hydrogens is 146 g/mol. The van der Waals surface area contributed by atoms with Crippen LogP contribution in [0.1, 0.15) is 20.8 Å². The molecule has 0 spiro atoms. The Labute approximate surface area is 65.0 Å². The maximum atomic E-state index is 10.5. The van der Waals surface area contributed by atoms with Crippen LogP contribution in [0, 0.1) is 0 Å². The zero-order chi connectivity index (χ0) is 8.91. The van der Waals surface area contributed by atoms with E-state index in [1.54, 1.807) is 13.8 Å². The lowest BCUT2D eigenvalue weighted by Gasteiger charge is -2.21. The van der Waals surface area contributed by atoms with Gasteiger partial charge in [-0.3, -0.25) is 4.79 Å². The zero-order valence-corrected chi connectivity index (χ0v) is 6.87. The standard InChI is InChI=1S/C6H11N3O2/c1-5(10)11-6(2,3)4-8-9-7/h4H2,1-3H3. The van der Waals surface area contributed by atoms with E-state index >= 15 is 0 Å². The Morgan fingerprint density at radius 2 is 2.27 bits per heavy atom. The summed E-state index contributed by atoms with van der Waals surface area (Å²) in [5.74, 6) is -0.372. The van der Waals surface area contributed by atoms with E-state index in [0.717, 1.165) is 0 Å². The lowest BCUT2D eigenvalue weighted by molar-refractivity contribution is -0.152. The summed E-state index contributed by atoms with van der Waals surface area (Å²) < 4.78 is 4.84. The van der Waals surface area contributed by atoms with Crippen LogP contribution in [0.2, 0.25) is 0 Å². The highest BCUT2D eigenvalue weighted by atomic mass is 16.6. The first-order valence-electron chi connectivity index (χ1n) is 3.18. The van der Waals surface area contributed by atoms with Crippen LogP contribution in [0.4, 0.5) is 0 Å². The Balaban J connectivity index is 3.98. The number of carbonyl (C=O) groups excluding carboxylic acids is 1. The molecule has 0 bridgehead atoms. The van der Waals surface area contributed by atoms with Crippen LogP contribution in [0.15, 0.2) is 5.11 Å². The lowest BCUT2D eigenvalue weighted by atomic mass is 10.1. The summed E-state index contributed by atoms with van der Waals surface area (Å²) in [6, 6.07) is 0. The van der Waals surface area contributed by atoms with Crippen molar-refractivity contribution in [2.75, 3.05) is 6.54 Å². The summed E-state index contributed by atoms with van der Waals surface area (Å²) in [5, 5.41) is 3.30. The Bertz CT molecular complexity index is 188. The molecule has 0 fully saturated rings. The Morgan fingerprint density at radius 3 is 2.64 bits per heavy atom. The molecule has 5 heteroatoms. The number of carbonyl (C=O) groups is 1. The van der Waals surface area contributed by atoms with Gasteiger partial charge in [0.25, 0.3) is 0 Å². The molecule has 11 heavy (non-hydrogen) atoms. The van der Waals surface area contributed by atoms with Crippen molar-refractivity contribution >= 4 is 5.97 Å². The molecule has 5 nitrogen and oxygen atoms in total. The molecule has 0 saturated carbocycles. The summed E-state index contributed by atoms with van der Waals surface area (Å²) in [4.78, 5) is 13.0.